The molecule has 0 saturated carbocycles. The molecule has 0 fully saturated rings. The summed E-state index contributed by atoms with van der Waals surface area (Å²) in [6.45, 7) is 1.70. The fraction of sp³-hybridized carbons (Fsp3) is 0.280. The van der Waals surface area contributed by atoms with Gasteiger partial charge in [-0.05, 0) is 24.3 Å². The van der Waals surface area contributed by atoms with E-state index in [9.17, 15) is 19.5 Å². The summed E-state index contributed by atoms with van der Waals surface area (Å²) in [6, 6.07) is 11.1. The molecule has 36 heavy (non-hydrogen) atoms. The minimum absolute atomic E-state index is 0.0925. The number of hydrogen-bond donors (Lipinski definition) is 2. The molecule has 11 heteroatoms. The number of carbonyl (C=O) groups is 1. The Labute approximate surface area is 206 Å². The highest BCUT2D eigenvalue weighted by Crippen LogP contribution is 2.40. The summed E-state index contributed by atoms with van der Waals surface area (Å²) < 4.78 is 17.0. The molecule has 1 aliphatic heterocycles. The molecule has 0 spiro atoms. The number of rotatable bonds is 7. The molecule has 11 nitrogen and oxygen atoms in total. The first kappa shape index (κ1) is 24.6. The minimum Gasteiger partial charge on any atom is -0.497 e. The second-order valence-electron chi connectivity index (χ2n) is 7.93. The van der Waals surface area contributed by atoms with E-state index in [-0.39, 0.29) is 35.7 Å². The number of methoxy groups -OCH3 is 3. The van der Waals surface area contributed by atoms with Gasteiger partial charge in [-0.3, -0.25) is 14.6 Å². The Kier molecular flexibility index (Phi) is 6.82. The smallest absolute Gasteiger partial charge is 0.335 e. The van der Waals surface area contributed by atoms with Crippen molar-refractivity contribution in [1.82, 2.24) is 14.6 Å². The third kappa shape index (κ3) is 4.19. The van der Waals surface area contributed by atoms with E-state index in [0.29, 0.717) is 22.8 Å². The first-order chi connectivity index (χ1) is 17.3. The molecule has 188 valence electrons. The van der Waals surface area contributed by atoms with E-state index in [1.54, 1.807) is 49.4 Å². The number of aromatic hydroxyl groups is 1. The summed E-state index contributed by atoms with van der Waals surface area (Å²) in [5, 5.41) is 16.8. The number of carbonyl (C=O) groups excluding carboxylic acids is 1. The molecule has 3 aromatic rings. The van der Waals surface area contributed by atoms with Crippen molar-refractivity contribution < 1.29 is 24.1 Å². The SMILES string of the molecule is CCC(=O)N1N=C(c2c(O)n(-c3ccccc3OC)c(=O)[nH]c2=O)C[C@H]1c1ccc(OC)cc1OC. The third-order valence-electron chi connectivity index (χ3n) is 5.97. The van der Waals surface area contributed by atoms with Gasteiger partial charge in [0.15, 0.2) is 0 Å². The van der Waals surface area contributed by atoms with Crippen LogP contribution in [0.2, 0.25) is 0 Å². The summed E-state index contributed by atoms with van der Waals surface area (Å²) >= 11 is 0. The lowest BCUT2D eigenvalue weighted by atomic mass is 9.98. The van der Waals surface area contributed by atoms with Gasteiger partial charge in [0.05, 0.1) is 38.8 Å². The van der Waals surface area contributed by atoms with Crippen LogP contribution in [0, 0.1) is 0 Å². The highest BCUT2D eigenvalue weighted by atomic mass is 16.5. The number of nitrogens with zero attached hydrogens (tertiary/aromatic N) is 3. The van der Waals surface area contributed by atoms with Crippen molar-refractivity contribution in [3.8, 4) is 28.8 Å². The summed E-state index contributed by atoms with van der Waals surface area (Å²) in [5.74, 6) is 0.452. The highest BCUT2D eigenvalue weighted by molar-refractivity contribution is 6.04. The van der Waals surface area contributed by atoms with Crippen LogP contribution in [0.5, 0.6) is 23.1 Å². The highest BCUT2D eigenvalue weighted by Gasteiger charge is 2.37. The lowest BCUT2D eigenvalue weighted by Crippen LogP contribution is -2.33. The number of H-pyrrole nitrogens is 1. The van der Waals surface area contributed by atoms with Gasteiger partial charge in [0.1, 0.15) is 22.8 Å². The van der Waals surface area contributed by atoms with Gasteiger partial charge >= 0.3 is 5.69 Å². The van der Waals surface area contributed by atoms with Crippen LogP contribution in [-0.4, -0.2) is 52.6 Å². The van der Waals surface area contributed by atoms with Gasteiger partial charge in [-0.2, -0.15) is 5.10 Å². The quantitative estimate of drug-likeness (QED) is 0.515. The molecule has 0 bridgehead atoms. The molecule has 0 aliphatic carbocycles. The molecule has 1 atom stereocenters. The van der Waals surface area contributed by atoms with Crippen LogP contribution in [0.15, 0.2) is 57.2 Å². The molecule has 0 unspecified atom stereocenters. The van der Waals surface area contributed by atoms with Crippen LogP contribution in [0.1, 0.15) is 36.9 Å². The largest absolute Gasteiger partial charge is 0.497 e. The molecular formula is C25H26N4O7. The van der Waals surface area contributed by atoms with Crippen molar-refractivity contribution in [3.63, 3.8) is 0 Å². The lowest BCUT2D eigenvalue weighted by Gasteiger charge is -2.23. The van der Waals surface area contributed by atoms with E-state index in [0.717, 1.165) is 4.57 Å². The Morgan fingerprint density at radius 1 is 1.08 bits per heavy atom. The molecule has 0 radical (unpaired) electrons. The van der Waals surface area contributed by atoms with Crippen molar-refractivity contribution in [2.45, 2.75) is 25.8 Å². The summed E-state index contributed by atoms with van der Waals surface area (Å²) in [7, 11) is 4.46. The number of aromatic amines is 1. The minimum atomic E-state index is -0.848. The standard InChI is InChI=1S/C25H26N4O7/c1-5-21(30)29-18(15-11-10-14(34-2)12-20(15)36-4)13-16(27-29)22-23(31)26-25(33)28(24(22)32)17-8-6-7-9-19(17)35-3/h6-12,18,32H,5,13H2,1-4H3,(H,26,31,33)/t18-/m0/s1. The predicted molar refractivity (Wildman–Crippen MR) is 131 cm³/mol. The number of benzene rings is 2. The van der Waals surface area contributed by atoms with Gasteiger partial charge in [0.2, 0.25) is 11.8 Å². The average molecular weight is 495 g/mol. The van der Waals surface area contributed by atoms with Gasteiger partial charge in [-0.1, -0.05) is 19.1 Å². The Morgan fingerprint density at radius 2 is 1.81 bits per heavy atom. The van der Waals surface area contributed by atoms with E-state index in [2.05, 4.69) is 10.1 Å². The van der Waals surface area contributed by atoms with Crippen LogP contribution in [0.25, 0.3) is 5.69 Å². The fourth-order valence-corrected chi connectivity index (χ4v) is 4.21. The number of nitrogens with one attached hydrogen (secondary N) is 1. The Bertz CT molecular complexity index is 1460. The van der Waals surface area contributed by atoms with Crippen molar-refractivity contribution in [1.29, 1.82) is 0 Å². The van der Waals surface area contributed by atoms with Crippen molar-refractivity contribution in [2.75, 3.05) is 21.3 Å². The Balaban J connectivity index is 1.87. The topological polar surface area (TPSA) is 135 Å². The van der Waals surface area contributed by atoms with Crippen molar-refractivity contribution in [3.05, 3.63) is 74.4 Å². The molecular weight excluding hydrogens is 468 g/mol. The van der Waals surface area contributed by atoms with Crippen LogP contribution in [-0.2, 0) is 4.79 Å². The summed E-state index contributed by atoms with van der Waals surface area (Å²) in [6.07, 6.45) is 0.254. The monoisotopic (exact) mass is 494 g/mol. The number of aromatic nitrogens is 2. The van der Waals surface area contributed by atoms with Gasteiger partial charge in [0, 0.05) is 24.5 Å². The molecule has 2 N–H and O–H groups in total. The van der Waals surface area contributed by atoms with Crippen LogP contribution >= 0.6 is 0 Å². The van der Waals surface area contributed by atoms with Gasteiger partial charge in [-0.15, -0.1) is 0 Å². The maximum Gasteiger partial charge on any atom is 0.335 e. The van der Waals surface area contributed by atoms with Crippen molar-refractivity contribution >= 4 is 11.6 Å². The maximum absolute atomic E-state index is 12.9. The van der Waals surface area contributed by atoms with E-state index in [1.165, 1.54) is 26.3 Å². The lowest BCUT2D eigenvalue weighted by molar-refractivity contribution is -0.132. The van der Waals surface area contributed by atoms with Crippen molar-refractivity contribution in [2.24, 2.45) is 5.10 Å². The second kappa shape index (κ2) is 9.98. The number of ether oxygens (including phenoxy) is 3. The first-order valence-electron chi connectivity index (χ1n) is 11.2. The van der Waals surface area contributed by atoms with E-state index in [1.807, 2.05) is 0 Å². The number of hydrazone groups is 1. The normalized spacial score (nSPS) is 14.9. The van der Waals surface area contributed by atoms with Gasteiger partial charge in [-0.25, -0.2) is 14.4 Å². The maximum atomic E-state index is 12.9. The van der Waals surface area contributed by atoms with E-state index >= 15 is 0 Å². The molecule has 0 saturated heterocycles. The molecule has 1 aromatic heterocycles. The third-order valence-corrected chi connectivity index (χ3v) is 5.97. The zero-order valence-corrected chi connectivity index (χ0v) is 20.3. The van der Waals surface area contributed by atoms with Crippen LogP contribution in [0.3, 0.4) is 0 Å². The van der Waals surface area contributed by atoms with Gasteiger partial charge in [0.25, 0.3) is 5.56 Å². The zero-order valence-electron chi connectivity index (χ0n) is 20.3. The number of amides is 1. The average Bonchev–Trinajstić information content (AvgIpc) is 3.32. The van der Waals surface area contributed by atoms with Gasteiger partial charge < -0.3 is 19.3 Å². The first-order valence-corrected chi connectivity index (χ1v) is 11.2. The van der Waals surface area contributed by atoms with E-state index in [4.69, 9.17) is 14.2 Å². The van der Waals surface area contributed by atoms with E-state index < -0.39 is 23.2 Å². The molecule has 1 aliphatic rings. The summed E-state index contributed by atoms with van der Waals surface area (Å²) in [5.41, 5.74) is -0.874. The molecule has 2 aromatic carbocycles. The van der Waals surface area contributed by atoms with Crippen LogP contribution < -0.4 is 25.5 Å². The number of hydrogen-bond acceptors (Lipinski definition) is 8. The molecule has 1 amide bonds. The molecule has 4 rings (SSSR count). The Hall–Kier alpha value is -4.54. The number of para-hydroxylation sites is 2. The predicted octanol–water partition coefficient (Wildman–Crippen LogP) is 2.34. The second-order valence-corrected chi connectivity index (χ2v) is 7.93. The zero-order chi connectivity index (χ0) is 26.0. The summed E-state index contributed by atoms with van der Waals surface area (Å²) in [4.78, 5) is 40.7. The Morgan fingerprint density at radius 3 is 2.47 bits per heavy atom. The fourth-order valence-electron chi connectivity index (χ4n) is 4.21. The molecule has 2 heterocycles. The van der Waals surface area contributed by atoms with Crippen LogP contribution in [0.4, 0.5) is 0 Å².